The van der Waals surface area contributed by atoms with E-state index in [1.54, 1.807) is 20.1 Å². The quantitative estimate of drug-likeness (QED) is 0.0665. The number of Topliss-reactive ketones (excluding diaryl/α,β-unsaturated/α-hetero) is 2. The van der Waals surface area contributed by atoms with Crippen LogP contribution in [-0.4, -0.2) is 77.3 Å². The van der Waals surface area contributed by atoms with Gasteiger partial charge < -0.3 is 44.2 Å². The number of benzene rings is 2. The van der Waals surface area contributed by atoms with E-state index in [2.05, 4.69) is 46.7 Å². The number of rotatable bonds is 11. The second-order valence-corrected chi connectivity index (χ2v) is 16.1. The third kappa shape index (κ3) is 10.8. The third-order valence-electron chi connectivity index (χ3n) is 11.9. The first-order valence-electron chi connectivity index (χ1n) is 20.9. The standard InChI is InChI=1S/C47H60N4O8/c1-6-32-12-13-40(59-31(3)53)24-39(54)25-43(36-21-44(55)47(56)45(22-36)58-5)50-28-35-9-7-11-42(41(35)29-50)51(17-15-30(2)52)46-23-34(14-16-49-46)33(10-8-18-57-4)20-38-27-48-26-37(38)19-32/h7,9,11,14,21-23,26-29,32-33,40,43,48-49,55-56H,6,8,10,12-13,15-20,24-25H2,1-5H3. The van der Waals surface area contributed by atoms with Gasteiger partial charge in [-0.15, -0.1) is 0 Å². The molecule has 59 heavy (non-hydrogen) atoms. The summed E-state index contributed by atoms with van der Waals surface area (Å²) >= 11 is 0. The predicted octanol–water partition coefficient (Wildman–Crippen LogP) is 8.06. The summed E-state index contributed by atoms with van der Waals surface area (Å²) in [6, 6.07) is 8.53. The summed E-state index contributed by atoms with van der Waals surface area (Å²) in [5.74, 6) is 0.294. The lowest BCUT2D eigenvalue weighted by Crippen LogP contribution is -2.36. The Labute approximate surface area is 347 Å². The highest BCUT2D eigenvalue weighted by atomic mass is 16.5. The highest BCUT2D eigenvalue weighted by Crippen LogP contribution is 2.41. The number of anilines is 1. The molecular weight excluding hydrogens is 749 g/mol. The Hall–Kier alpha value is -5.49. The van der Waals surface area contributed by atoms with E-state index >= 15 is 0 Å². The zero-order valence-corrected chi connectivity index (χ0v) is 35.1. The Balaban J connectivity index is 1.51. The lowest BCUT2D eigenvalue weighted by molar-refractivity contribution is -0.148. The average molecular weight is 809 g/mol. The zero-order chi connectivity index (χ0) is 42.1. The maximum Gasteiger partial charge on any atom is 0.302 e. The highest BCUT2D eigenvalue weighted by molar-refractivity contribution is 5.95. The molecule has 2 aromatic carbocycles. The molecule has 0 saturated carbocycles. The Morgan fingerprint density at radius 2 is 1.78 bits per heavy atom. The van der Waals surface area contributed by atoms with E-state index in [0.717, 1.165) is 60.8 Å². The van der Waals surface area contributed by atoms with Gasteiger partial charge in [-0.1, -0.05) is 31.6 Å². The average Bonchev–Trinajstić information content (AvgIpc) is 3.85. The number of aromatic nitrogens is 2. The van der Waals surface area contributed by atoms with E-state index in [1.165, 1.54) is 36.8 Å². The summed E-state index contributed by atoms with van der Waals surface area (Å²) in [6.07, 6.45) is 18.3. The van der Waals surface area contributed by atoms with Gasteiger partial charge in [0.1, 0.15) is 23.5 Å². The molecule has 4 atom stereocenters. The SMILES string of the molecule is CCC1CCC(OC(C)=O)CC(=O)CC(c2cc(O)c(O)c(OC)c2)n2cc3cccc(c3c2)N(CCC(C)=O)C2=CC(=CCN2)C(CCCOC)Cc2c[nH]cc2C1. The molecule has 12 nitrogen and oxygen atoms in total. The van der Waals surface area contributed by atoms with Crippen LogP contribution in [0.5, 0.6) is 17.2 Å². The van der Waals surface area contributed by atoms with Gasteiger partial charge in [-0.2, -0.15) is 0 Å². The molecule has 6 rings (SSSR count). The molecule has 0 radical (unpaired) electrons. The maximum absolute atomic E-state index is 14.2. The molecule has 0 aliphatic carbocycles. The summed E-state index contributed by atoms with van der Waals surface area (Å²) in [7, 11) is 3.15. The van der Waals surface area contributed by atoms with Crippen molar-refractivity contribution in [2.75, 3.05) is 38.8 Å². The van der Waals surface area contributed by atoms with Crippen molar-refractivity contribution in [3.05, 3.63) is 95.4 Å². The summed E-state index contributed by atoms with van der Waals surface area (Å²) < 4.78 is 18.7. The number of allylic oxidation sites excluding steroid dienone is 2. The molecule has 0 amide bonds. The fraction of sp³-hybridized carbons (Fsp3) is 0.468. The van der Waals surface area contributed by atoms with Crippen molar-refractivity contribution >= 4 is 34.0 Å². The highest BCUT2D eigenvalue weighted by Gasteiger charge is 2.28. The van der Waals surface area contributed by atoms with Crippen LogP contribution in [0.2, 0.25) is 0 Å². The van der Waals surface area contributed by atoms with E-state index in [4.69, 9.17) is 14.2 Å². The Kier molecular flexibility index (Phi) is 14.6. The van der Waals surface area contributed by atoms with Crippen molar-refractivity contribution in [1.29, 1.82) is 0 Å². The number of phenolic OH excluding ortho intramolecular Hbond substituents is 2. The molecule has 4 bridgehead atoms. The Morgan fingerprint density at radius 3 is 2.51 bits per heavy atom. The van der Waals surface area contributed by atoms with Crippen LogP contribution in [0, 0.1) is 11.8 Å². The van der Waals surface area contributed by atoms with Crippen LogP contribution in [0.15, 0.2) is 78.7 Å². The summed E-state index contributed by atoms with van der Waals surface area (Å²) in [6.45, 7) is 6.92. The lowest BCUT2D eigenvalue weighted by Gasteiger charge is -2.32. The number of dihydropyridines is 1. The first-order chi connectivity index (χ1) is 28.5. The number of nitrogens with zero attached hydrogens (tertiary/aromatic N) is 2. The molecule has 12 heteroatoms. The van der Waals surface area contributed by atoms with Gasteiger partial charge in [-0.05, 0) is 104 Å². The van der Waals surface area contributed by atoms with Gasteiger partial charge in [-0.25, -0.2) is 0 Å². The van der Waals surface area contributed by atoms with Crippen LogP contribution >= 0.6 is 0 Å². The minimum absolute atomic E-state index is 0.0186. The topological polar surface area (TPSA) is 155 Å². The van der Waals surface area contributed by atoms with Gasteiger partial charge in [0.05, 0.1) is 18.8 Å². The number of aromatic hydroxyl groups is 2. The number of hydrogen-bond acceptors (Lipinski definition) is 10. The predicted molar refractivity (Wildman–Crippen MR) is 229 cm³/mol. The number of ketones is 2. The molecule has 0 spiro atoms. The number of aromatic amines is 1. The number of carbonyl (C=O) groups is 3. The molecule has 2 aromatic heterocycles. The number of fused-ring (bicyclic) bond motifs is 3. The Morgan fingerprint density at radius 1 is 0.983 bits per heavy atom. The summed E-state index contributed by atoms with van der Waals surface area (Å²) in [4.78, 5) is 44.7. The van der Waals surface area contributed by atoms with Crippen molar-refractivity contribution in [3.8, 4) is 17.2 Å². The van der Waals surface area contributed by atoms with Crippen molar-refractivity contribution in [2.24, 2.45) is 11.8 Å². The van der Waals surface area contributed by atoms with Gasteiger partial charge >= 0.3 is 5.97 Å². The number of carbonyl (C=O) groups excluding carboxylic acids is 3. The van der Waals surface area contributed by atoms with Crippen LogP contribution < -0.4 is 15.0 Å². The largest absolute Gasteiger partial charge is 0.504 e. The number of nitrogens with one attached hydrogen (secondary N) is 2. The smallest absolute Gasteiger partial charge is 0.302 e. The maximum atomic E-state index is 14.2. The van der Waals surface area contributed by atoms with Crippen molar-refractivity contribution in [1.82, 2.24) is 14.9 Å². The first-order valence-corrected chi connectivity index (χ1v) is 20.9. The van der Waals surface area contributed by atoms with Gasteiger partial charge in [0.25, 0.3) is 0 Å². The molecule has 4 heterocycles. The molecule has 0 saturated heterocycles. The normalized spacial score (nSPS) is 20.6. The zero-order valence-electron chi connectivity index (χ0n) is 35.1. The van der Waals surface area contributed by atoms with Crippen LogP contribution in [0.1, 0.15) is 94.9 Å². The molecule has 2 aliphatic rings. The number of H-pyrrole nitrogens is 1. The minimum Gasteiger partial charge on any atom is -0.504 e. The number of ether oxygens (including phenoxy) is 3. The van der Waals surface area contributed by atoms with Gasteiger partial charge in [-0.3, -0.25) is 14.4 Å². The van der Waals surface area contributed by atoms with Gasteiger partial charge in [0, 0.05) is 88.6 Å². The summed E-state index contributed by atoms with van der Waals surface area (Å²) in [5, 5.41) is 26.8. The van der Waals surface area contributed by atoms with Gasteiger partial charge in [0.2, 0.25) is 5.75 Å². The molecule has 316 valence electrons. The number of hydrogen-bond donors (Lipinski definition) is 4. The van der Waals surface area contributed by atoms with Crippen LogP contribution in [0.25, 0.3) is 10.8 Å². The van der Waals surface area contributed by atoms with E-state index in [0.29, 0.717) is 44.0 Å². The van der Waals surface area contributed by atoms with E-state index < -0.39 is 18.1 Å². The molecular formula is C47H60N4O8. The Bertz CT molecular complexity index is 2170. The monoisotopic (exact) mass is 808 g/mol. The van der Waals surface area contributed by atoms with E-state index in [-0.39, 0.29) is 47.6 Å². The van der Waals surface area contributed by atoms with Crippen LogP contribution in [0.4, 0.5) is 5.69 Å². The van der Waals surface area contributed by atoms with Crippen molar-refractivity contribution in [2.45, 2.75) is 97.1 Å². The number of esters is 1. The fourth-order valence-corrected chi connectivity index (χ4v) is 8.69. The lowest BCUT2D eigenvalue weighted by atomic mass is 9.84. The molecule has 4 unspecified atom stereocenters. The number of phenols is 2. The van der Waals surface area contributed by atoms with Crippen LogP contribution in [0.3, 0.4) is 0 Å². The van der Waals surface area contributed by atoms with Crippen molar-refractivity contribution < 1.29 is 38.8 Å². The van der Waals surface area contributed by atoms with Crippen LogP contribution in [-0.2, 0) is 36.7 Å². The minimum atomic E-state index is -0.620. The fourth-order valence-electron chi connectivity index (χ4n) is 8.69. The third-order valence-corrected chi connectivity index (χ3v) is 11.9. The molecule has 4 N–H and O–H groups in total. The van der Waals surface area contributed by atoms with E-state index in [9.17, 15) is 24.6 Å². The second kappa shape index (κ2) is 20.0. The molecule has 0 fully saturated rings. The number of methoxy groups -OCH3 is 2. The second-order valence-electron chi connectivity index (χ2n) is 16.1. The summed E-state index contributed by atoms with van der Waals surface area (Å²) in [5.41, 5.74) is 5.24. The molecule has 4 aromatic rings. The first kappa shape index (κ1) is 43.1. The van der Waals surface area contributed by atoms with E-state index in [1.807, 2.05) is 35.2 Å². The molecule has 2 aliphatic heterocycles. The van der Waals surface area contributed by atoms with Gasteiger partial charge in [0.15, 0.2) is 11.5 Å². The van der Waals surface area contributed by atoms with Crippen molar-refractivity contribution in [3.63, 3.8) is 0 Å².